The smallest absolute Gasteiger partial charge is 0.116 e. The molecule has 11 heavy (non-hydrogen) atoms. The van der Waals surface area contributed by atoms with Crippen LogP contribution in [0, 0.1) is 5.41 Å². The Morgan fingerprint density at radius 2 is 1.82 bits per heavy atom. The Hall–Kier alpha value is 0.470. The second-order valence-electron chi connectivity index (χ2n) is 1.08. The van der Waals surface area contributed by atoms with Gasteiger partial charge in [0.05, 0.1) is 0 Å². The van der Waals surface area contributed by atoms with Crippen molar-refractivity contribution in [1.29, 1.82) is 5.41 Å². The molecule has 0 heterocycles. The fraction of sp³-hybridized carbons (Fsp3) is 0.500. The van der Waals surface area contributed by atoms with E-state index in [1.54, 1.807) is 13.2 Å². The van der Waals surface area contributed by atoms with E-state index in [2.05, 4.69) is 42.5 Å². The summed E-state index contributed by atoms with van der Waals surface area (Å²) in [7, 11) is 1.75. The van der Waals surface area contributed by atoms with E-state index in [1.807, 2.05) is 13.8 Å². The van der Waals surface area contributed by atoms with Crippen LogP contribution in [0.1, 0.15) is 13.8 Å². The van der Waals surface area contributed by atoms with Gasteiger partial charge in [0.1, 0.15) is 5.84 Å². The summed E-state index contributed by atoms with van der Waals surface area (Å²) < 4.78 is 0. The zero-order valence-corrected chi connectivity index (χ0v) is 11.3. The minimum absolute atomic E-state index is 0.0642. The predicted molar refractivity (Wildman–Crippen MR) is 69.5 cm³/mol. The number of nitrogens with one attached hydrogen (secondary N) is 2. The lowest BCUT2D eigenvalue weighted by Gasteiger charge is -1.82. The van der Waals surface area contributed by atoms with Crippen molar-refractivity contribution >= 4 is 43.1 Å². The number of nitrogens with two attached hydrogens (primary N) is 1. The zero-order valence-electron chi connectivity index (χ0n) is 6.99. The SMILES string of the molecule is CC.CN/C=C\C(=N)N.II. The Kier molecular flexibility index (Phi) is 35.7. The Bertz CT molecular complexity index is 93.8. The number of halogens is 2. The maximum absolute atomic E-state index is 6.65. The van der Waals surface area contributed by atoms with Crippen molar-refractivity contribution in [3.63, 3.8) is 0 Å². The topological polar surface area (TPSA) is 61.9 Å². The molecule has 4 N–H and O–H groups in total. The van der Waals surface area contributed by atoms with Crippen LogP contribution in [0.15, 0.2) is 12.3 Å². The number of rotatable bonds is 2. The van der Waals surface area contributed by atoms with Crippen molar-refractivity contribution in [2.24, 2.45) is 5.73 Å². The van der Waals surface area contributed by atoms with Crippen LogP contribution in [0.2, 0.25) is 0 Å². The lowest BCUT2D eigenvalue weighted by molar-refractivity contribution is 1.10. The summed E-state index contributed by atoms with van der Waals surface area (Å²) in [6.45, 7) is 4.00. The molecule has 0 spiro atoms. The van der Waals surface area contributed by atoms with Crippen molar-refractivity contribution in [3.8, 4) is 0 Å². The minimum atomic E-state index is 0.0642. The molecule has 0 aromatic carbocycles. The van der Waals surface area contributed by atoms with Gasteiger partial charge in [0.15, 0.2) is 0 Å². The molecule has 0 radical (unpaired) electrons. The van der Waals surface area contributed by atoms with Crippen LogP contribution >= 0.6 is 37.2 Å². The van der Waals surface area contributed by atoms with Crippen LogP contribution in [0.25, 0.3) is 0 Å². The second-order valence-corrected chi connectivity index (χ2v) is 1.08. The largest absolute Gasteiger partial charge is 0.394 e. The van der Waals surface area contributed by atoms with Gasteiger partial charge in [0, 0.05) is 44.3 Å². The van der Waals surface area contributed by atoms with Crippen LogP contribution in [0.3, 0.4) is 0 Å². The first-order chi connectivity index (χ1) is 5.27. The second kappa shape index (κ2) is 22.4. The van der Waals surface area contributed by atoms with Gasteiger partial charge in [-0.25, -0.2) is 0 Å². The van der Waals surface area contributed by atoms with Gasteiger partial charge in [-0.1, -0.05) is 13.8 Å². The van der Waals surface area contributed by atoms with Crippen molar-refractivity contribution in [2.75, 3.05) is 7.05 Å². The summed E-state index contributed by atoms with van der Waals surface area (Å²) in [5, 5.41) is 9.35. The van der Waals surface area contributed by atoms with Crippen molar-refractivity contribution < 1.29 is 0 Å². The first-order valence-electron chi connectivity index (χ1n) is 3.09. The summed E-state index contributed by atoms with van der Waals surface area (Å²) in [5.74, 6) is 0.0642. The maximum atomic E-state index is 6.65. The van der Waals surface area contributed by atoms with Gasteiger partial charge in [0.25, 0.3) is 0 Å². The molecule has 0 aliphatic rings. The monoisotopic (exact) mass is 383 g/mol. The fourth-order valence-electron chi connectivity index (χ4n) is 0.173. The molecule has 0 saturated heterocycles. The highest BCUT2D eigenvalue weighted by Crippen LogP contribution is 1.89. The zero-order chi connectivity index (χ0) is 9.70. The maximum Gasteiger partial charge on any atom is 0.116 e. The fourth-order valence-corrected chi connectivity index (χ4v) is 0.173. The van der Waals surface area contributed by atoms with Crippen LogP contribution in [-0.4, -0.2) is 12.9 Å². The molecule has 0 aliphatic carbocycles. The lowest BCUT2D eigenvalue weighted by Crippen LogP contribution is -2.06. The van der Waals surface area contributed by atoms with Crippen molar-refractivity contribution in [3.05, 3.63) is 12.3 Å². The van der Waals surface area contributed by atoms with Crippen LogP contribution in [0.5, 0.6) is 0 Å². The van der Waals surface area contributed by atoms with E-state index in [9.17, 15) is 0 Å². The van der Waals surface area contributed by atoms with Gasteiger partial charge >= 0.3 is 0 Å². The van der Waals surface area contributed by atoms with E-state index < -0.39 is 0 Å². The standard InChI is InChI=1S/C4H9N3.C2H6.I2/c1-7-3-2-4(5)6;2*1-2/h2-3,7H,1H3,(H3,5,6);1-2H3;/b3-2-;;. The van der Waals surface area contributed by atoms with Gasteiger partial charge in [-0.2, -0.15) is 0 Å². The van der Waals surface area contributed by atoms with Gasteiger partial charge in [-0.05, 0) is 12.3 Å². The molecule has 0 rings (SSSR count). The lowest BCUT2D eigenvalue weighted by atomic mass is 10.6. The summed E-state index contributed by atoms with van der Waals surface area (Å²) in [5.41, 5.74) is 4.93. The van der Waals surface area contributed by atoms with Gasteiger partial charge < -0.3 is 11.1 Å². The molecule has 0 aliphatic heterocycles. The number of amidine groups is 1. The Balaban J connectivity index is -0.000000138. The Morgan fingerprint density at radius 3 is 1.91 bits per heavy atom. The summed E-state index contributed by atoms with van der Waals surface area (Å²) in [6.07, 6.45) is 3.07. The summed E-state index contributed by atoms with van der Waals surface area (Å²) >= 11 is 4.24. The van der Waals surface area contributed by atoms with Crippen LogP contribution in [0.4, 0.5) is 0 Å². The predicted octanol–water partition coefficient (Wildman–Crippen LogP) is 2.45. The Labute approximate surface area is 92.0 Å². The molecule has 0 aromatic rings. The van der Waals surface area contributed by atoms with E-state index in [4.69, 9.17) is 11.1 Å². The third-order valence-corrected chi connectivity index (χ3v) is 0.430. The molecule has 5 heteroatoms. The van der Waals surface area contributed by atoms with E-state index in [-0.39, 0.29) is 5.84 Å². The first-order valence-corrected chi connectivity index (χ1v) is 9.38. The van der Waals surface area contributed by atoms with Crippen LogP contribution < -0.4 is 11.1 Å². The normalized spacial score (nSPS) is 7.00. The molecule has 0 fully saturated rings. The average molecular weight is 383 g/mol. The average Bonchev–Trinajstić information content (AvgIpc) is 2.08. The van der Waals surface area contributed by atoms with E-state index in [0.717, 1.165) is 0 Å². The van der Waals surface area contributed by atoms with Crippen LogP contribution in [-0.2, 0) is 0 Å². The summed E-state index contributed by atoms with van der Waals surface area (Å²) in [4.78, 5) is 0. The third-order valence-electron chi connectivity index (χ3n) is 0.430. The molecular weight excluding hydrogens is 368 g/mol. The molecule has 0 bridgehead atoms. The molecule has 0 atom stereocenters. The van der Waals surface area contributed by atoms with E-state index in [0.29, 0.717) is 0 Å². The first kappa shape index (κ1) is 17.5. The van der Waals surface area contributed by atoms with E-state index in [1.165, 1.54) is 6.08 Å². The van der Waals surface area contributed by atoms with Crippen molar-refractivity contribution in [1.82, 2.24) is 5.32 Å². The molecule has 68 valence electrons. The Morgan fingerprint density at radius 1 is 1.45 bits per heavy atom. The van der Waals surface area contributed by atoms with Gasteiger partial charge in [0.2, 0.25) is 0 Å². The highest BCUT2D eigenvalue weighted by Gasteiger charge is 1.69. The molecule has 3 nitrogen and oxygen atoms in total. The van der Waals surface area contributed by atoms with E-state index >= 15 is 0 Å². The quantitative estimate of drug-likeness (QED) is 0.390. The molecule has 0 aromatic heterocycles. The van der Waals surface area contributed by atoms with Crippen molar-refractivity contribution in [2.45, 2.75) is 13.8 Å². The van der Waals surface area contributed by atoms with Gasteiger partial charge in [-0.3, -0.25) is 5.41 Å². The molecular formula is C6H15I2N3. The molecule has 0 amide bonds. The summed E-state index contributed by atoms with van der Waals surface area (Å²) in [6, 6.07) is 0. The highest BCUT2D eigenvalue weighted by molar-refractivity contribution is 15.0. The number of hydrogen-bond donors (Lipinski definition) is 3. The number of hydrogen-bond acceptors (Lipinski definition) is 2. The molecule has 0 unspecified atom stereocenters. The minimum Gasteiger partial charge on any atom is -0.394 e. The third kappa shape index (κ3) is 37.6. The van der Waals surface area contributed by atoms with Gasteiger partial charge in [-0.15, -0.1) is 0 Å². The highest BCUT2D eigenvalue weighted by atomic mass is 128. The molecule has 0 saturated carbocycles.